The topological polar surface area (TPSA) is 105 Å². The zero-order valence-corrected chi connectivity index (χ0v) is 18.7. The molecule has 4 rings (SSSR count). The largest absolute Gasteiger partial charge is 0.378 e. The number of aromatic nitrogens is 4. The van der Waals surface area contributed by atoms with Crippen LogP contribution < -0.4 is 16.6 Å². The maximum atomic E-state index is 12.5. The average Bonchev–Trinajstić information content (AvgIpc) is 3.46. The molecule has 1 fully saturated rings. The van der Waals surface area contributed by atoms with Crippen molar-refractivity contribution in [2.75, 3.05) is 18.4 Å². The number of anilines is 1. The van der Waals surface area contributed by atoms with Gasteiger partial charge in [-0.05, 0) is 50.5 Å². The first-order valence-corrected chi connectivity index (χ1v) is 11.4. The Morgan fingerprint density at radius 1 is 1.09 bits per heavy atom. The Labute approximate surface area is 186 Å². The van der Waals surface area contributed by atoms with E-state index in [9.17, 15) is 14.4 Å². The molecule has 0 radical (unpaired) electrons. The van der Waals surface area contributed by atoms with E-state index in [1.807, 2.05) is 40.7 Å². The predicted molar refractivity (Wildman–Crippen MR) is 124 cm³/mol. The smallest absolute Gasteiger partial charge is 0.330 e. The second-order valence-corrected chi connectivity index (χ2v) is 8.14. The highest BCUT2D eigenvalue weighted by atomic mass is 16.2. The van der Waals surface area contributed by atoms with Crippen molar-refractivity contribution in [2.45, 2.75) is 59.2 Å². The Morgan fingerprint density at radius 3 is 2.47 bits per heavy atom. The minimum Gasteiger partial charge on any atom is -0.378 e. The summed E-state index contributed by atoms with van der Waals surface area (Å²) in [4.78, 5) is 46.3. The number of carbonyl (C=O) groups is 1. The minimum atomic E-state index is -0.422. The lowest BCUT2D eigenvalue weighted by molar-refractivity contribution is 0.0793. The van der Waals surface area contributed by atoms with Crippen LogP contribution in [-0.4, -0.2) is 43.0 Å². The third-order valence-corrected chi connectivity index (χ3v) is 5.99. The van der Waals surface area contributed by atoms with Crippen LogP contribution in [0.2, 0.25) is 0 Å². The lowest BCUT2D eigenvalue weighted by Gasteiger charge is -2.15. The molecule has 2 N–H and O–H groups in total. The molecule has 2 aromatic heterocycles. The van der Waals surface area contributed by atoms with Gasteiger partial charge in [0.05, 0.1) is 6.54 Å². The molecule has 0 unspecified atom stereocenters. The number of H-pyrrole nitrogens is 1. The molecular formula is C23H30N6O3. The normalized spacial score (nSPS) is 13.8. The number of aryl methyl sites for hydroxylation is 2. The number of benzene rings is 1. The molecule has 0 saturated carbocycles. The summed E-state index contributed by atoms with van der Waals surface area (Å²) in [6, 6.07) is 7.43. The molecule has 1 saturated heterocycles. The average molecular weight is 439 g/mol. The molecule has 0 aliphatic carbocycles. The summed E-state index contributed by atoms with van der Waals surface area (Å²) < 4.78 is 3.39. The fourth-order valence-corrected chi connectivity index (χ4v) is 4.23. The number of likely N-dealkylation sites (tertiary alicyclic amines) is 1. The van der Waals surface area contributed by atoms with Gasteiger partial charge in [0.25, 0.3) is 11.5 Å². The maximum absolute atomic E-state index is 12.5. The van der Waals surface area contributed by atoms with Crippen molar-refractivity contribution in [3.05, 3.63) is 56.5 Å². The molecule has 32 heavy (non-hydrogen) atoms. The Bertz CT molecular complexity index is 1220. The third-order valence-electron chi connectivity index (χ3n) is 5.99. The maximum Gasteiger partial charge on any atom is 0.330 e. The summed E-state index contributed by atoms with van der Waals surface area (Å²) in [5.74, 6) is 0.757. The van der Waals surface area contributed by atoms with Crippen LogP contribution in [0.5, 0.6) is 0 Å². The van der Waals surface area contributed by atoms with E-state index in [0.717, 1.165) is 44.5 Å². The number of fused-ring (bicyclic) bond motifs is 1. The van der Waals surface area contributed by atoms with Crippen molar-refractivity contribution in [3.63, 3.8) is 0 Å². The van der Waals surface area contributed by atoms with Crippen LogP contribution in [0.25, 0.3) is 11.2 Å². The number of hydrogen-bond acceptors (Lipinski definition) is 5. The zero-order valence-electron chi connectivity index (χ0n) is 18.7. The lowest BCUT2D eigenvalue weighted by atomic mass is 10.2. The monoisotopic (exact) mass is 438 g/mol. The summed E-state index contributed by atoms with van der Waals surface area (Å²) in [5.41, 5.74) is 1.56. The molecule has 1 aliphatic heterocycles. The van der Waals surface area contributed by atoms with Crippen LogP contribution in [0.3, 0.4) is 0 Å². The van der Waals surface area contributed by atoms with Crippen molar-refractivity contribution in [1.82, 2.24) is 24.0 Å². The van der Waals surface area contributed by atoms with Gasteiger partial charge in [0, 0.05) is 37.4 Å². The standard InChI is InChI=1S/C23H30N6O3/c1-3-5-14-29-20-19(21(30)26-23(29)32)28(4-2)18(25-20)15-24-17-10-8-16(9-11-17)22(31)27-12-6-7-13-27/h8-11,24H,3-7,12-15H2,1-2H3,(H,26,30,32). The number of amides is 1. The van der Waals surface area contributed by atoms with E-state index in [0.29, 0.717) is 42.2 Å². The first-order chi connectivity index (χ1) is 15.5. The number of aromatic amines is 1. The van der Waals surface area contributed by atoms with E-state index in [4.69, 9.17) is 0 Å². The summed E-state index contributed by atoms with van der Waals surface area (Å²) >= 11 is 0. The van der Waals surface area contributed by atoms with Crippen LogP contribution >= 0.6 is 0 Å². The van der Waals surface area contributed by atoms with Gasteiger partial charge in [0.2, 0.25) is 0 Å². The van der Waals surface area contributed by atoms with Gasteiger partial charge in [0.15, 0.2) is 11.2 Å². The molecule has 0 atom stereocenters. The number of carbonyl (C=O) groups excluding carboxylic acids is 1. The molecule has 9 nitrogen and oxygen atoms in total. The van der Waals surface area contributed by atoms with Gasteiger partial charge < -0.3 is 14.8 Å². The molecule has 3 heterocycles. The van der Waals surface area contributed by atoms with E-state index < -0.39 is 11.2 Å². The number of imidazole rings is 1. The molecule has 170 valence electrons. The van der Waals surface area contributed by atoms with Crippen LogP contribution in [0.4, 0.5) is 5.69 Å². The van der Waals surface area contributed by atoms with E-state index in [1.54, 1.807) is 4.57 Å². The first-order valence-electron chi connectivity index (χ1n) is 11.4. The first kappa shape index (κ1) is 21.9. The molecule has 0 spiro atoms. The van der Waals surface area contributed by atoms with Crippen LogP contribution in [-0.2, 0) is 19.6 Å². The van der Waals surface area contributed by atoms with Crippen molar-refractivity contribution in [3.8, 4) is 0 Å². The molecule has 1 aliphatic rings. The van der Waals surface area contributed by atoms with Crippen molar-refractivity contribution in [2.24, 2.45) is 0 Å². The molecule has 1 aromatic carbocycles. The molecule has 3 aromatic rings. The Balaban J connectivity index is 1.56. The summed E-state index contributed by atoms with van der Waals surface area (Å²) in [7, 11) is 0. The SMILES string of the molecule is CCCCn1c(=O)[nH]c(=O)c2c1nc(CNc1ccc(C(=O)N3CCCC3)cc1)n2CC. The van der Waals surface area contributed by atoms with Crippen LogP contribution in [0, 0.1) is 0 Å². The van der Waals surface area contributed by atoms with E-state index in [-0.39, 0.29) is 5.91 Å². The molecule has 0 bridgehead atoms. The fourth-order valence-electron chi connectivity index (χ4n) is 4.23. The number of hydrogen-bond donors (Lipinski definition) is 2. The van der Waals surface area contributed by atoms with E-state index in [1.165, 1.54) is 0 Å². The Morgan fingerprint density at radius 2 is 1.81 bits per heavy atom. The highest BCUT2D eigenvalue weighted by molar-refractivity contribution is 5.94. The van der Waals surface area contributed by atoms with Crippen molar-refractivity contribution >= 4 is 22.8 Å². The number of unbranched alkanes of at least 4 members (excludes halogenated alkanes) is 1. The van der Waals surface area contributed by atoms with Crippen molar-refractivity contribution < 1.29 is 4.79 Å². The Hall–Kier alpha value is -3.36. The number of rotatable bonds is 8. The summed E-state index contributed by atoms with van der Waals surface area (Å²) in [5, 5.41) is 3.32. The predicted octanol–water partition coefficient (Wildman–Crippen LogP) is 2.55. The van der Waals surface area contributed by atoms with Crippen LogP contribution in [0.1, 0.15) is 55.7 Å². The number of nitrogens with zero attached hydrogens (tertiary/aromatic N) is 4. The highest BCUT2D eigenvalue weighted by Crippen LogP contribution is 2.17. The summed E-state index contributed by atoms with van der Waals surface area (Å²) in [6.45, 7) is 7.13. The quantitative estimate of drug-likeness (QED) is 0.562. The zero-order chi connectivity index (χ0) is 22.7. The third kappa shape index (κ3) is 4.19. The second kappa shape index (κ2) is 9.42. The van der Waals surface area contributed by atoms with Gasteiger partial charge in [-0.25, -0.2) is 9.78 Å². The second-order valence-electron chi connectivity index (χ2n) is 8.14. The van der Waals surface area contributed by atoms with Gasteiger partial charge in [0.1, 0.15) is 5.82 Å². The Kier molecular flexibility index (Phi) is 6.43. The minimum absolute atomic E-state index is 0.0751. The van der Waals surface area contributed by atoms with Crippen LogP contribution in [0.15, 0.2) is 33.9 Å². The van der Waals surface area contributed by atoms with E-state index in [2.05, 4.69) is 22.2 Å². The van der Waals surface area contributed by atoms with E-state index >= 15 is 0 Å². The van der Waals surface area contributed by atoms with Gasteiger partial charge in [-0.1, -0.05) is 13.3 Å². The van der Waals surface area contributed by atoms with Crippen molar-refractivity contribution in [1.29, 1.82) is 0 Å². The fraction of sp³-hybridized carbons (Fsp3) is 0.478. The van der Waals surface area contributed by atoms with Gasteiger partial charge in [-0.2, -0.15) is 0 Å². The van der Waals surface area contributed by atoms with Gasteiger partial charge >= 0.3 is 5.69 Å². The van der Waals surface area contributed by atoms with Gasteiger partial charge in [-0.3, -0.25) is 19.1 Å². The number of nitrogens with one attached hydrogen (secondary N) is 2. The molecule has 9 heteroatoms. The highest BCUT2D eigenvalue weighted by Gasteiger charge is 2.20. The summed E-state index contributed by atoms with van der Waals surface area (Å²) in [6.07, 6.45) is 3.90. The molecular weight excluding hydrogens is 408 g/mol. The van der Waals surface area contributed by atoms with Gasteiger partial charge in [-0.15, -0.1) is 0 Å². The molecule has 1 amide bonds. The lowest BCUT2D eigenvalue weighted by Crippen LogP contribution is -2.31.